The van der Waals surface area contributed by atoms with E-state index >= 15 is 0 Å². The summed E-state index contributed by atoms with van der Waals surface area (Å²) < 4.78 is 2.75. The van der Waals surface area contributed by atoms with E-state index in [9.17, 15) is 4.79 Å². The van der Waals surface area contributed by atoms with Crippen LogP contribution in [0.1, 0.15) is 35.9 Å². The molecule has 0 saturated heterocycles. The van der Waals surface area contributed by atoms with Gasteiger partial charge in [-0.25, -0.2) is 0 Å². The molecular formula is C8H11IN2O. The maximum Gasteiger partial charge on any atom is 0.171 e. The number of aryl methyl sites for hydroxylation is 1. The molecule has 0 saturated carbocycles. The molecule has 0 atom stereocenters. The Bertz CT molecular complexity index is 304. The third-order valence-electron chi connectivity index (χ3n) is 1.71. The quantitative estimate of drug-likeness (QED) is 0.612. The van der Waals surface area contributed by atoms with E-state index in [4.69, 9.17) is 0 Å². The van der Waals surface area contributed by atoms with Crippen LogP contribution in [0.25, 0.3) is 0 Å². The molecule has 0 aromatic carbocycles. The number of rotatable bonds is 2. The lowest BCUT2D eigenvalue weighted by molar-refractivity contribution is 0.111. The van der Waals surface area contributed by atoms with Gasteiger partial charge in [-0.15, -0.1) is 0 Å². The summed E-state index contributed by atoms with van der Waals surface area (Å²) in [6.07, 6.45) is 0.799. The predicted molar refractivity (Wildman–Crippen MR) is 55.4 cm³/mol. The van der Waals surface area contributed by atoms with E-state index in [1.54, 1.807) is 4.68 Å². The van der Waals surface area contributed by atoms with Gasteiger partial charge in [-0.2, -0.15) is 5.10 Å². The number of hydrogen-bond donors (Lipinski definition) is 0. The molecule has 0 amide bonds. The van der Waals surface area contributed by atoms with Crippen molar-refractivity contribution in [2.75, 3.05) is 0 Å². The Hall–Kier alpha value is -0.390. The van der Waals surface area contributed by atoms with Crippen molar-refractivity contribution in [3.8, 4) is 0 Å². The predicted octanol–water partition coefficient (Wildman–Crippen LogP) is 1.96. The molecule has 1 heterocycles. The van der Waals surface area contributed by atoms with Crippen molar-refractivity contribution in [2.45, 2.75) is 19.8 Å². The summed E-state index contributed by atoms with van der Waals surface area (Å²) in [5.41, 5.74) is 1.67. The number of carbonyl (C=O) groups is 1. The molecule has 12 heavy (non-hydrogen) atoms. The smallest absolute Gasteiger partial charge is 0.171 e. The third-order valence-corrected chi connectivity index (χ3v) is 2.82. The monoisotopic (exact) mass is 278 g/mol. The SMILES string of the molecule is CC(C)c1c(I)c(C=O)nn1C. The highest BCUT2D eigenvalue weighted by Gasteiger charge is 2.15. The highest BCUT2D eigenvalue weighted by molar-refractivity contribution is 14.1. The Morgan fingerprint density at radius 2 is 2.17 bits per heavy atom. The lowest BCUT2D eigenvalue weighted by atomic mass is 10.1. The molecule has 1 aromatic heterocycles. The largest absolute Gasteiger partial charge is 0.296 e. The summed E-state index contributed by atoms with van der Waals surface area (Å²) in [6.45, 7) is 4.18. The van der Waals surface area contributed by atoms with Crippen LogP contribution in [-0.2, 0) is 7.05 Å². The number of carbonyl (C=O) groups excluding carboxylic acids is 1. The molecule has 0 bridgehead atoms. The lowest BCUT2D eigenvalue weighted by Crippen LogP contribution is -2.00. The van der Waals surface area contributed by atoms with E-state index in [0.717, 1.165) is 15.6 Å². The molecule has 66 valence electrons. The molecule has 0 fully saturated rings. The van der Waals surface area contributed by atoms with Crippen molar-refractivity contribution >= 4 is 28.9 Å². The Kier molecular flexibility index (Phi) is 2.87. The summed E-state index contributed by atoms with van der Waals surface area (Å²) in [4.78, 5) is 10.5. The summed E-state index contributed by atoms with van der Waals surface area (Å²) in [7, 11) is 1.87. The minimum absolute atomic E-state index is 0.406. The van der Waals surface area contributed by atoms with Gasteiger partial charge in [0.25, 0.3) is 0 Å². The summed E-state index contributed by atoms with van der Waals surface area (Å²) in [6, 6.07) is 0. The first-order chi connectivity index (χ1) is 5.57. The molecule has 0 N–H and O–H groups in total. The first-order valence-electron chi connectivity index (χ1n) is 3.75. The molecule has 1 rings (SSSR count). The maximum absolute atomic E-state index is 10.5. The number of hydrogen-bond acceptors (Lipinski definition) is 2. The van der Waals surface area contributed by atoms with Crippen molar-refractivity contribution in [1.82, 2.24) is 9.78 Å². The van der Waals surface area contributed by atoms with Crippen LogP contribution in [0, 0.1) is 3.57 Å². The van der Waals surface area contributed by atoms with Gasteiger partial charge in [0.15, 0.2) is 6.29 Å². The molecule has 0 radical (unpaired) electrons. The molecule has 0 spiro atoms. The van der Waals surface area contributed by atoms with E-state index in [0.29, 0.717) is 11.6 Å². The number of aldehydes is 1. The fourth-order valence-corrected chi connectivity index (χ4v) is 2.44. The topological polar surface area (TPSA) is 34.9 Å². The van der Waals surface area contributed by atoms with Gasteiger partial charge in [-0.05, 0) is 28.5 Å². The van der Waals surface area contributed by atoms with Gasteiger partial charge in [0.1, 0.15) is 5.69 Å². The molecule has 4 heteroatoms. The standard InChI is InChI=1S/C8H11IN2O/c1-5(2)8-7(9)6(4-12)10-11(8)3/h4-5H,1-3H3. The third kappa shape index (κ3) is 1.53. The second kappa shape index (κ2) is 3.55. The van der Waals surface area contributed by atoms with Gasteiger partial charge < -0.3 is 0 Å². The Morgan fingerprint density at radius 1 is 1.58 bits per heavy atom. The fraction of sp³-hybridized carbons (Fsp3) is 0.500. The molecule has 1 aromatic rings. The average molecular weight is 278 g/mol. The van der Waals surface area contributed by atoms with Crippen molar-refractivity contribution in [1.29, 1.82) is 0 Å². The zero-order valence-corrected chi connectivity index (χ0v) is 9.49. The van der Waals surface area contributed by atoms with Gasteiger partial charge in [-0.1, -0.05) is 13.8 Å². The number of nitrogens with zero attached hydrogens (tertiary/aromatic N) is 2. The summed E-state index contributed by atoms with van der Waals surface area (Å²) >= 11 is 2.16. The van der Waals surface area contributed by atoms with Crippen molar-refractivity contribution < 1.29 is 4.79 Å². The number of halogens is 1. The first kappa shape index (κ1) is 9.70. The Morgan fingerprint density at radius 3 is 2.42 bits per heavy atom. The maximum atomic E-state index is 10.5. The summed E-state index contributed by atoms with van der Waals surface area (Å²) in [5, 5.41) is 4.09. The molecular weight excluding hydrogens is 267 g/mol. The van der Waals surface area contributed by atoms with Crippen LogP contribution in [0.2, 0.25) is 0 Å². The van der Waals surface area contributed by atoms with E-state index in [1.165, 1.54) is 0 Å². The van der Waals surface area contributed by atoms with Crippen LogP contribution in [0.3, 0.4) is 0 Å². The van der Waals surface area contributed by atoms with Crippen LogP contribution in [0.4, 0.5) is 0 Å². The highest BCUT2D eigenvalue weighted by Crippen LogP contribution is 2.22. The number of aromatic nitrogens is 2. The normalized spacial score (nSPS) is 10.8. The van der Waals surface area contributed by atoms with E-state index in [-0.39, 0.29) is 0 Å². The fourth-order valence-electron chi connectivity index (χ4n) is 1.24. The molecule has 0 aliphatic carbocycles. The van der Waals surface area contributed by atoms with Gasteiger partial charge in [-0.3, -0.25) is 9.48 Å². The molecule has 0 aliphatic rings. The zero-order valence-electron chi connectivity index (χ0n) is 7.34. The van der Waals surface area contributed by atoms with Gasteiger partial charge in [0.05, 0.1) is 9.26 Å². The second-order valence-corrected chi connectivity index (χ2v) is 4.06. The first-order valence-corrected chi connectivity index (χ1v) is 4.83. The minimum Gasteiger partial charge on any atom is -0.296 e. The molecule has 0 aliphatic heterocycles. The summed E-state index contributed by atoms with van der Waals surface area (Å²) in [5.74, 6) is 0.406. The van der Waals surface area contributed by atoms with Crippen LogP contribution < -0.4 is 0 Å². The molecule has 3 nitrogen and oxygen atoms in total. The zero-order chi connectivity index (χ0) is 9.30. The van der Waals surface area contributed by atoms with Crippen molar-refractivity contribution in [3.05, 3.63) is 15.0 Å². The van der Waals surface area contributed by atoms with Crippen molar-refractivity contribution in [3.63, 3.8) is 0 Å². The van der Waals surface area contributed by atoms with E-state index < -0.39 is 0 Å². The van der Waals surface area contributed by atoms with E-state index in [1.807, 2.05) is 7.05 Å². The van der Waals surface area contributed by atoms with E-state index in [2.05, 4.69) is 41.5 Å². The van der Waals surface area contributed by atoms with Crippen molar-refractivity contribution in [2.24, 2.45) is 7.05 Å². The van der Waals surface area contributed by atoms with Crippen LogP contribution in [-0.4, -0.2) is 16.1 Å². The average Bonchev–Trinajstić information content (AvgIpc) is 2.25. The Labute approximate surface area is 85.3 Å². The lowest BCUT2D eigenvalue weighted by Gasteiger charge is -2.05. The van der Waals surface area contributed by atoms with Gasteiger partial charge >= 0.3 is 0 Å². The molecule has 0 unspecified atom stereocenters. The van der Waals surface area contributed by atoms with Crippen LogP contribution in [0.15, 0.2) is 0 Å². The van der Waals surface area contributed by atoms with Gasteiger partial charge in [0, 0.05) is 7.05 Å². The highest BCUT2D eigenvalue weighted by atomic mass is 127. The van der Waals surface area contributed by atoms with Gasteiger partial charge in [0.2, 0.25) is 0 Å². The Balaban J connectivity index is 3.27. The second-order valence-electron chi connectivity index (χ2n) is 2.98. The minimum atomic E-state index is 0.406. The van der Waals surface area contributed by atoms with Crippen LogP contribution in [0.5, 0.6) is 0 Å². The van der Waals surface area contributed by atoms with Crippen LogP contribution >= 0.6 is 22.6 Å².